The first kappa shape index (κ1) is 16.0. The molecule has 2 N–H and O–H groups in total. The number of nitrogens with two attached hydrogens (primary N) is 1. The number of nitriles is 1. The number of nitro benzene ring substituents is 1. The summed E-state index contributed by atoms with van der Waals surface area (Å²) in [6.07, 6.45) is 1.30. The maximum absolute atomic E-state index is 12.0. The molecule has 0 aliphatic carbocycles. The molecule has 0 radical (unpaired) electrons. The van der Waals surface area contributed by atoms with E-state index in [1.807, 2.05) is 6.07 Å². The van der Waals surface area contributed by atoms with E-state index in [1.165, 1.54) is 23.9 Å². The Bertz CT molecular complexity index is 861. The number of esters is 1. The number of carbonyl (C=O) groups excluding carboxylic acids is 1. The summed E-state index contributed by atoms with van der Waals surface area (Å²) in [5.41, 5.74) is 7.07. The van der Waals surface area contributed by atoms with E-state index in [0.29, 0.717) is 5.56 Å². The van der Waals surface area contributed by atoms with Crippen LogP contribution in [0, 0.1) is 35.3 Å². The average Bonchev–Trinajstić information content (AvgIpc) is 2.85. The van der Waals surface area contributed by atoms with E-state index >= 15 is 0 Å². The van der Waals surface area contributed by atoms with Crippen LogP contribution in [0.5, 0.6) is 0 Å². The Labute approximate surface area is 131 Å². The van der Waals surface area contributed by atoms with E-state index in [0.717, 1.165) is 5.56 Å². The van der Waals surface area contributed by atoms with Gasteiger partial charge in [0.15, 0.2) is 5.69 Å². The fourth-order valence-corrected chi connectivity index (χ4v) is 2.33. The monoisotopic (exact) mass is 314 g/mol. The second-order valence-electron chi connectivity index (χ2n) is 4.91. The Morgan fingerprint density at radius 2 is 2.09 bits per heavy atom. The van der Waals surface area contributed by atoms with E-state index in [1.54, 1.807) is 19.9 Å². The summed E-state index contributed by atoms with van der Waals surface area (Å²) in [6, 6.07) is 4.83. The predicted octanol–water partition coefficient (Wildman–Crippen LogP) is 2.24. The molecule has 0 atom stereocenters. The quantitative estimate of drug-likeness (QED) is 0.526. The molecule has 2 rings (SSSR count). The number of aromatic nitrogens is 1. The summed E-state index contributed by atoms with van der Waals surface area (Å²) in [5.74, 6) is -0.779. The molecule has 1 heterocycles. The first-order chi connectivity index (χ1) is 10.8. The lowest BCUT2D eigenvalue weighted by Crippen LogP contribution is -2.13. The molecule has 2 aromatic rings. The van der Waals surface area contributed by atoms with Crippen LogP contribution in [0.2, 0.25) is 0 Å². The number of benzene rings is 1. The van der Waals surface area contributed by atoms with Crippen molar-refractivity contribution in [2.45, 2.75) is 13.8 Å². The fraction of sp³-hybridized carbons (Fsp3) is 0.200. The molecule has 0 saturated heterocycles. The number of nitrogen functional groups attached to an aromatic ring is 1. The van der Waals surface area contributed by atoms with Crippen LogP contribution in [-0.2, 0) is 4.74 Å². The Balaban J connectivity index is 2.93. The molecular formula is C15H14N4O4. The second-order valence-corrected chi connectivity index (χ2v) is 4.91. The third kappa shape index (κ3) is 2.48. The van der Waals surface area contributed by atoms with Crippen molar-refractivity contribution in [1.29, 1.82) is 5.26 Å². The summed E-state index contributed by atoms with van der Waals surface area (Å²) >= 11 is 0. The lowest BCUT2D eigenvalue weighted by molar-refractivity contribution is -0.384. The molecule has 1 aromatic heterocycles. The largest absolute Gasteiger partial charge is 0.464 e. The van der Waals surface area contributed by atoms with Crippen molar-refractivity contribution in [1.82, 2.24) is 4.57 Å². The Kier molecular flexibility index (Phi) is 4.05. The normalized spacial score (nSPS) is 10.2. The van der Waals surface area contributed by atoms with Gasteiger partial charge in [-0.1, -0.05) is 6.07 Å². The molecular weight excluding hydrogens is 300 g/mol. The van der Waals surface area contributed by atoms with E-state index < -0.39 is 10.9 Å². The topological polar surface area (TPSA) is 124 Å². The predicted molar refractivity (Wildman–Crippen MR) is 82.4 cm³/mol. The highest BCUT2D eigenvalue weighted by atomic mass is 16.6. The zero-order valence-electron chi connectivity index (χ0n) is 12.8. The van der Waals surface area contributed by atoms with Crippen molar-refractivity contribution >= 4 is 17.3 Å². The number of ether oxygens (including phenoxy) is 1. The van der Waals surface area contributed by atoms with Gasteiger partial charge in [0.2, 0.25) is 0 Å². The molecule has 0 amide bonds. The second kappa shape index (κ2) is 5.81. The van der Waals surface area contributed by atoms with Gasteiger partial charge in [-0.25, -0.2) is 4.79 Å². The van der Waals surface area contributed by atoms with Crippen LogP contribution in [0.1, 0.15) is 27.2 Å². The van der Waals surface area contributed by atoms with E-state index in [2.05, 4.69) is 4.74 Å². The van der Waals surface area contributed by atoms with Crippen LogP contribution >= 0.6 is 0 Å². The Morgan fingerprint density at radius 3 is 2.61 bits per heavy atom. The van der Waals surface area contributed by atoms with Gasteiger partial charge in [0, 0.05) is 12.3 Å². The van der Waals surface area contributed by atoms with Gasteiger partial charge in [-0.05, 0) is 25.0 Å². The number of rotatable bonds is 3. The molecule has 1 aromatic carbocycles. The van der Waals surface area contributed by atoms with Crippen molar-refractivity contribution in [2.75, 3.05) is 12.8 Å². The third-order valence-electron chi connectivity index (χ3n) is 3.66. The first-order valence-electron chi connectivity index (χ1n) is 6.57. The number of aryl methyl sites for hydroxylation is 1. The average molecular weight is 314 g/mol. The van der Waals surface area contributed by atoms with E-state index in [4.69, 9.17) is 11.0 Å². The molecule has 23 heavy (non-hydrogen) atoms. The number of nitrogens with zero attached hydrogens (tertiary/aromatic N) is 3. The zero-order chi connectivity index (χ0) is 17.3. The van der Waals surface area contributed by atoms with Gasteiger partial charge in [-0.15, -0.1) is 0 Å². The van der Waals surface area contributed by atoms with E-state index in [-0.39, 0.29) is 28.3 Å². The molecule has 0 bridgehead atoms. The highest BCUT2D eigenvalue weighted by Gasteiger charge is 2.27. The van der Waals surface area contributed by atoms with Crippen molar-refractivity contribution in [3.8, 4) is 11.8 Å². The number of anilines is 1. The number of hydrogen-bond donors (Lipinski definition) is 1. The molecule has 0 unspecified atom stereocenters. The lowest BCUT2D eigenvalue weighted by atomic mass is 10.1. The van der Waals surface area contributed by atoms with Crippen molar-refractivity contribution in [3.05, 3.63) is 50.8 Å². The maximum atomic E-state index is 12.0. The van der Waals surface area contributed by atoms with Gasteiger partial charge >= 0.3 is 5.97 Å². The molecule has 0 saturated carbocycles. The molecule has 0 spiro atoms. The summed E-state index contributed by atoms with van der Waals surface area (Å²) in [5, 5.41) is 20.5. The van der Waals surface area contributed by atoms with Gasteiger partial charge in [0.05, 0.1) is 23.3 Å². The summed E-state index contributed by atoms with van der Waals surface area (Å²) < 4.78 is 5.94. The van der Waals surface area contributed by atoms with Gasteiger partial charge in [0.25, 0.3) is 5.69 Å². The lowest BCUT2D eigenvalue weighted by Gasteiger charge is -2.13. The van der Waals surface area contributed by atoms with Crippen molar-refractivity contribution in [3.63, 3.8) is 0 Å². The summed E-state index contributed by atoms with van der Waals surface area (Å²) in [4.78, 5) is 22.8. The van der Waals surface area contributed by atoms with Crippen LogP contribution in [-0.4, -0.2) is 22.6 Å². The maximum Gasteiger partial charge on any atom is 0.357 e. The first-order valence-corrected chi connectivity index (χ1v) is 6.57. The Hall–Kier alpha value is -3.34. The van der Waals surface area contributed by atoms with Crippen LogP contribution < -0.4 is 5.73 Å². The third-order valence-corrected chi connectivity index (χ3v) is 3.66. The van der Waals surface area contributed by atoms with Crippen LogP contribution in [0.25, 0.3) is 5.69 Å². The van der Waals surface area contributed by atoms with Gasteiger partial charge in [-0.3, -0.25) is 10.1 Å². The minimum absolute atomic E-state index is 0.0422. The number of methoxy groups -OCH3 is 1. The molecule has 118 valence electrons. The SMILES string of the molecule is COC(=O)c1c(N)c(C#N)cn1-c1c([N+](=O)[O-])ccc(C)c1C. The van der Waals surface area contributed by atoms with Crippen molar-refractivity contribution < 1.29 is 14.5 Å². The van der Waals surface area contributed by atoms with Crippen LogP contribution in [0.3, 0.4) is 0 Å². The minimum atomic E-state index is -0.779. The fourth-order valence-electron chi connectivity index (χ4n) is 2.33. The molecule has 0 aliphatic rings. The van der Waals surface area contributed by atoms with Gasteiger partial charge in [-0.2, -0.15) is 5.26 Å². The molecule has 8 nitrogen and oxygen atoms in total. The number of nitro groups is 1. The number of hydrogen-bond acceptors (Lipinski definition) is 6. The Morgan fingerprint density at radius 1 is 1.43 bits per heavy atom. The minimum Gasteiger partial charge on any atom is -0.464 e. The summed E-state index contributed by atoms with van der Waals surface area (Å²) in [7, 11) is 1.17. The standard InChI is InChI=1S/C15H14N4O4/c1-8-4-5-11(19(21)22)13(9(8)2)18-7-10(6-16)12(17)14(18)15(20)23-3/h4-5,7H,17H2,1-3H3. The van der Waals surface area contributed by atoms with E-state index in [9.17, 15) is 14.9 Å². The smallest absolute Gasteiger partial charge is 0.357 e. The van der Waals surface area contributed by atoms with Gasteiger partial charge in [0.1, 0.15) is 11.8 Å². The van der Waals surface area contributed by atoms with Crippen LogP contribution in [0.4, 0.5) is 11.4 Å². The zero-order valence-corrected chi connectivity index (χ0v) is 12.8. The molecule has 0 fully saturated rings. The summed E-state index contributed by atoms with van der Waals surface area (Å²) in [6.45, 7) is 3.49. The van der Waals surface area contributed by atoms with Crippen molar-refractivity contribution in [2.24, 2.45) is 0 Å². The van der Waals surface area contributed by atoms with Crippen LogP contribution in [0.15, 0.2) is 18.3 Å². The molecule has 8 heteroatoms. The highest BCUT2D eigenvalue weighted by molar-refractivity contribution is 5.96. The highest BCUT2D eigenvalue weighted by Crippen LogP contribution is 2.33. The molecule has 0 aliphatic heterocycles. The van der Waals surface area contributed by atoms with Gasteiger partial charge < -0.3 is 15.0 Å². The number of carbonyl (C=O) groups is 1.